The average molecular weight is 719 g/mol. The summed E-state index contributed by atoms with van der Waals surface area (Å²) in [6, 6.07) is 41.0. The molecule has 7 aromatic rings. The van der Waals surface area contributed by atoms with Crippen LogP contribution < -0.4 is 9.72 Å². The Morgan fingerprint density at radius 3 is 2.29 bits per heavy atom. The third kappa shape index (κ3) is 5.31. The van der Waals surface area contributed by atoms with Gasteiger partial charge < -0.3 is 9.72 Å². The van der Waals surface area contributed by atoms with E-state index in [0.717, 1.165) is 27.8 Å². The third-order valence-corrected chi connectivity index (χ3v) is 6.71. The molecule has 0 radical (unpaired) electrons. The molecule has 0 atom stereocenters. The van der Waals surface area contributed by atoms with Crippen molar-refractivity contribution in [3.8, 4) is 45.1 Å². The molecule has 6 heteroatoms. The molecule has 3 nitrogen and oxygen atoms in total. The van der Waals surface area contributed by atoms with Gasteiger partial charge in [0.2, 0.25) is 5.88 Å². The topological polar surface area (TPSA) is 36.2 Å². The zero-order valence-corrected chi connectivity index (χ0v) is 23.5. The molecule has 7 rings (SSSR count). The Bertz CT molecular complexity index is 1950. The summed E-state index contributed by atoms with van der Waals surface area (Å²) in [4.78, 5) is 9.31. The zero-order valence-electron chi connectivity index (χ0n) is 21.3. The number of pyridine rings is 1. The third-order valence-electron chi connectivity index (χ3n) is 6.71. The fourth-order valence-electron chi connectivity index (χ4n) is 4.86. The van der Waals surface area contributed by atoms with Crippen LogP contribution in [-0.4, -0.2) is 4.98 Å². The smallest absolute Gasteiger partial charge is 0.654 e. The van der Waals surface area contributed by atoms with Crippen LogP contribution in [0.15, 0.2) is 115 Å². The molecule has 0 saturated heterocycles. The molecule has 0 bridgehead atoms. The van der Waals surface area contributed by atoms with Crippen LogP contribution in [-0.2, 0) is 22.4 Å². The van der Waals surface area contributed by atoms with Crippen LogP contribution in [0.5, 0.6) is 11.6 Å². The van der Waals surface area contributed by atoms with E-state index in [4.69, 9.17) is 9.72 Å². The van der Waals surface area contributed by atoms with Crippen molar-refractivity contribution >= 4 is 21.8 Å². The zero-order chi connectivity index (χ0) is 27.1. The maximum atomic E-state index is 14.6. The Labute approximate surface area is 251 Å². The van der Waals surface area contributed by atoms with E-state index in [0.29, 0.717) is 27.5 Å². The van der Waals surface area contributed by atoms with Crippen LogP contribution in [0.1, 0.15) is 0 Å². The molecule has 0 aliphatic rings. The summed E-state index contributed by atoms with van der Waals surface area (Å²) in [6.45, 7) is 0. The number of aromatic nitrogens is 2. The number of rotatable bonds is 5. The number of fused-ring (bicyclic) bond motifs is 3. The summed E-state index contributed by atoms with van der Waals surface area (Å²) in [5, 5.41) is 1.01. The first kappa shape index (κ1) is 26.7. The number of nitrogens with zero attached hydrogens (tertiary/aromatic N) is 2. The quantitative estimate of drug-likeness (QED) is 0.132. The van der Waals surface area contributed by atoms with E-state index in [1.54, 1.807) is 12.1 Å². The molecule has 0 aliphatic heterocycles. The van der Waals surface area contributed by atoms with Crippen molar-refractivity contribution < 1.29 is 35.9 Å². The van der Waals surface area contributed by atoms with Crippen LogP contribution in [0.25, 0.3) is 55.3 Å². The minimum absolute atomic E-state index is 0. The van der Waals surface area contributed by atoms with Crippen molar-refractivity contribution in [3.63, 3.8) is 0 Å². The van der Waals surface area contributed by atoms with Crippen LogP contribution in [0.2, 0.25) is 0 Å². The molecule has 0 amide bonds. The summed E-state index contributed by atoms with van der Waals surface area (Å²) in [5.41, 5.74) is 6.30. The molecule has 0 unspecified atom stereocenters. The van der Waals surface area contributed by atoms with E-state index in [2.05, 4.69) is 35.3 Å². The van der Waals surface area contributed by atoms with Crippen molar-refractivity contribution in [1.82, 2.24) is 9.97 Å². The van der Waals surface area contributed by atoms with E-state index >= 15 is 0 Å². The molecule has 0 fully saturated rings. The van der Waals surface area contributed by atoms with E-state index in [1.807, 2.05) is 60.7 Å². The van der Waals surface area contributed by atoms with Gasteiger partial charge in [0.25, 0.3) is 0 Å². The number of hydrogen-bond acceptors (Lipinski definition) is 2. The Balaban J connectivity index is 0.00000302. The van der Waals surface area contributed by atoms with Crippen LogP contribution in [0, 0.1) is 23.8 Å². The van der Waals surface area contributed by atoms with E-state index in [9.17, 15) is 8.78 Å². The Kier molecular flexibility index (Phi) is 7.25. The van der Waals surface area contributed by atoms with Gasteiger partial charge in [-0.1, -0.05) is 59.6 Å². The van der Waals surface area contributed by atoms with Gasteiger partial charge >= 0.3 is 22.4 Å². The number of benzene rings is 5. The maximum absolute atomic E-state index is 14.6. The molecule has 2 heterocycles. The number of ether oxygens (including phenoxy) is 1. The normalized spacial score (nSPS) is 11.0. The number of halogens is 2. The van der Waals surface area contributed by atoms with Gasteiger partial charge in [-0.05, 0) is 40.6 Å². The standard InChI is InChI=1S/C35H19F2N2O.Au/c36-27-14-15-32-29(19-27)30-20-28(37)21-33(35(30)39-32)40-34-13-7-12-31(38-34)26-17-24(22-8-3-1-4-9-22)16-25(18-26)23-10-5-2-6-11-23;/h1-10,12-17,19-21H;/q-3;+3. The van der Waals surface area contributed by atoms with Gasteiger partial charge in [-0.15, -0.1) is 23.2 Å². The van der Waals surface area contributed by atoms with Gasteiger partial charge in [-0.3, -0.25) is 4.98 Å². The fraction of sp³-hybridized carbons (Fsp3) is 0. The Hall–Kier alpha value is -4.55. The summed E-state index contributed by atoms with van der Waals surface area (Å²) in [6.07, 6.45) is 0. The van der Waals surface area contributed by atoms with Crippen molar-refractivity contribution in [2.75, 3.05) is 0 Å². The number of hydrogen-bond donors (Lipinski definition) is 0. The average Bonchev–Trinajstić information content (AvgIpc) is 3.36. The molecule has 41 heavy (non-hydrogen) atoms. The van der Waals surface area contributed by atoms with Crippen molar-refractivity contribution in [2.45, 2.75) is 0 Å². The minimum Gasteiger partial charge on any atom is -0.654 e. The molecule has 0 N–H and O–H groups in total. The minimum atomic E-state index is -0.509. The second kappa shape index (κ2) is 11.1. The Morgan fingerprint density at radius 1 is 0.659 bits per heavy atom. The van der Waals surface area contributed by atoms with Gasteiger partial charge in [0.1, 0.15) is 17.4 Å². The van der Waals surface area contributed by atoms with Crippen LogP contribution >= 0.6 is 0 Å². The van der Waals surface area contributed by atoms with Gasteiger partial charge in [-0.25, -0.2) is 14.3 Å². The molecular weight excluding hydrogens is 699 g/mol. The van der Waals surface area contributed by atoms with Gasteiger partial charge in [0, 0.05) is 11.8 Å². The first-order valence-electron chi connectivity index (χ1n) is 12.7. The Morgan fingerprint density at radius 2 is 1.46 bits per heavy atom. The first-order valence-corrected chi connectivity index (χ1v) is 12.7. The van der Waals surface area contributed by atoms with Crippen molar-refractivity contribution in [3.05, 3.63) is 139 Å². The van der Waals surface area contributed by atoms with E-state index < -0.39 is 11.6 Å². The summed E-state index contributed by atoms with van der Waals surface area (Å²) in [7, 11) is 0. The van der Waals surface area contributed by atoms with Crippen molar-refractivity contribution in [1.29, 1.82) is 0 Å². The van der Waals surface area contributed by atoms with Gasteiger partial charge in [-0.2, -0.15) is 42.0 Å². The van der Waals surface area contributed by atoms with Crippen LogP contribution in [0.4, 0.5) is 8.78 Å². The molecule has 2 aromatic heterocycles. The van der Waals surface area contributed by atoms with E-state index in [1.165, 1.54) is 24.3 Å². The fourth-order valence-corrected chi connectivity index (χ4v) is 4.86. The summed E-state index contributed by atoms with van der Waals surface area (Å²) in [5.74, 6) is -0.443. The first-order chi connectivity index (χ1) is 19.6. The van der Waals surface area contributed by atoms with Gasteiger partial charge in [0.05, 0.1) is 0 Å². The molecule has 200 valence electrons. The second-order valence-electron chi connectivity index (χ2n) is 9.38. The molecule has 0 aliphatic carbocycles. The summed E-state index contributed by atoms with van der Waals surface area (Å²) >= 11 is 0. The molecule has 5 aromatic carbocycles. The van der Waals surface area contributed by atoms with Crippen molar-refractivity contribution in [2.24, 2.45) is 0 Å². The molecular formula is C35H19AuF2N2O. The predicted octanol–water partition coefficient (Wildman–Crippen LogP) is 9.01. The second-order valence-corrected chi connectivity index (χ2v) is 9.38. The predicted molar refractivity (Wildman–Crippen MR) is 153 cm³/mol. The largest absolute Gasteiger partial charge is 3.00 e. The summed E-state index contributed by atoms with van der Waals surface area (Å²) < 4.78 is 34.6. The monoisotopic (exact) mass is 718 g/mol. The van der Waals surface area contributed by atoms with E-state index in [-0.39, 0.29) is 34.0 Å². The van der Waals surface area contributed by atoms with Crippen LogP contribution in [0.3, 0.4) is 0 Å². The molecule has 0 spiro atoms. The SMILES string of the molecule is Fc1ccc2[n-]c3c(Oc4cccc(-c5[c-]c(-c6[c-]cccc6)cc(-c6ccccc6)c5)n4)cc(F)cc3c2c1.[Au+3]. The molecule has 0 saturated carbocycles. The maximum Gasteiger partial charge on any atom is 3.00 e. The van der Waals surface area contributed by atoms with Gasteiger partial charge in [0.15, 0.2) is 0 Å².